The Bertz CT molecular complexity index is 593. The van der Waals surface area contributed by atoms with E-state index in [2.05, 4.69) is 5.32 Å². The summed E-state index contributed by atoms with van der Waals surface area (Å²) in [5.41, 5.74) is -0.939. The van der Waals surface area contributed by atoms with Crippen molar-refractivity contribution in [1.82, 2.24) is 5.32 Å². The summed E-state index contributed by atoms with van der Waals surface area (Å²) in [5.74, 6) is -2.32. The SMILES string of the molecule is CCOC(=O)CC(NCCO)C(=O)c1ccc(F)c([N+](=O)[O-])c1. The van der Waals surface area contributed by atoms with Crippen molar-refractivity contribution in [3.63, 3.8) is 0 Å². The average molecular weight is 328 g/mol. The first kappa shape index (κ1) is 18.7. The maximum absolute atomic E-state index is 13.3. The van der Waals surface area contributed by atoms with Gasteiger partial charge in [-0.15, -0.1) is 0 Å². The van der Waals surface area contributed by atoms with Crippen molar-refractivity contribution >= 4 is 17.4 Å². The van der Waals surface area contributed by atoms with Crippen molar-refractivity contribution in [2.45, 2.75) is 19.4 Å². The van der Waals surface area contributed by atoms with Gasteiger partial charge in [-0.25, -0.2) is 0 Å². The molecule has 126 valence electrons. The highest BCUT2D eigenvalue weighted by molar-refractivity contribution is 6.02. The van der Waals surface area contributed by atoms with Crippen molar-refractivity contribution < 1.29 is 28.7 Å². The van der Waals surface area contributed by atoms with Gasteiger partial charge in [-0.3, -0.25) is 19.7 Å². The molecule has 0 saturated heterocycles. The zero-order chi connectivity index (χ0) is 17.4. The van der Waals surface area contributed by atoms with Crippen LogP contribution in [-0.2, 0) is 9.53 Å². The minimum absolute atomic E-state index is 0.0408. The molecule has 9 heteroatoms. The summed E-state index contributed by atoms with van der Waals surface area (Å²) in [6, 6.07) is 1.70. The third-order valence-corrected chi connectivity index (χ3v) is 2.92. The van der Waals surface area contributed by atoms with Gasteiger partial charge >= 0.3 is 11.7 Å². The monoisotopic (exact) mass is 328 g/mol. The summed E-state index contributed by atoms with van der Waals surface area (Å²) in [4.78, 5) is 33.7. The fraction of sp³-hybridized carbons (Fsp3) is 0.429. The largest absolute Gasteiger partial charge is 0.466 e. The number of halogens is 1. The molecule has 0 aromatic heterocycles. The molecule has 0 spiro atoms. The molecule has 1 atom stereocenters. The third-order valence-electron chi connectivity index (χ3n) is 2.92. The summed E-state index contributed by atoms with van der Waals surface area (Å²) < 4.78 is 18.1. The van der Waals surface area contributed by atoms with Crippen LogP contribution in [-0.4, -0.2) is 47.6 Å². The van der Waals surface area contributed by atoms with Gasteiger partial charge in [0.15, 0.2) is 5.78 Å². The molecular formula is C14H17FN2O6. The molecule has 1 aromatic carbocycles. The van der Waals surface area contributed by atoms with E-state index < -0.39 is 34.2 Å². The van der Waals surface area contributed by atoms with Crippen molar-refractivity contribution in [2.75, 3.05) is 19.8 Å². The van der Waals surface area contributed by atoms with Gasteiger partial charge in [0, 0.05) is 18.2 Å². The van der Waals surface area contributed by atoms with Crippen molar-refractivity contribution in [1.29, 1.82) is 0 Å². The number of Topliss-reactive ketones (excluding diaryl/α,β-unsaturated/α-hetero) is 1. The predicted molar refractivity (Wildman–Crippen MR) is 77.5 cm³/mol. The maximum Gasteiger partial charge on any atom is 0.307 e. The van der Waals surface area contributed by atoms with Crippen LogP contribution in [0, 0.1) is 15.9 Å². The molecular weight excluding hydrogens is 311 g/mol. The number of ketones is 1. The van der Waals surface area contributed by atoms with Gasteiger partial charge in [-0.2, -0.15) is 4.39 Å². The number of nitrogens with one attached hydrogen (secondary N) is 1. The number of carbonyl (C=O) groups excluding carboxylic acids is 2. The van der Waals surface area contributed by atoms with Crippen molar-refractivity contribution in [3.8, 4) is 0 Å². The first-order valence-electron chi connectivity index (χ1n) is 6.88. The maximum atomic E-state index is 13.3. The molecule has 2 N–H and O–H groups in total. The number of benzene rings is 1. The molecule has 0 heterocycles. The molecule has 0 bridgehead atoms. The summed E-state index contributed by atoms with van der Waals surface area (Å²) >= 11 is 0. The van der Waals surface area contributed by atoms with Crippen LogP contribution in [0.5, 0.6) is 0 Å². The van der Waals surface area contributed by atoms with E-state index in [0.717, 1.165) is 18.2 Å². The minimum atomic E-state index is -1.06. The molecule has 1 unspecified atom stereocenters. The quantitative estimate of drug-likeness (QED) is 0.298. The number of aliphatic hydroxyl groups is 1. The highest BCUT2D eigenvalue weighted by Gasteiger charge is 2.25. The lowest BCUT2D eigenvalue weighted by molar-refractivity contribution is -0.387. The Hall–Kier alpha value is -2.39. The second-order valence-corrected chi connectivity index (χ2v) is 4.53. The van der Waals surface area contributed by atoms with Gasteiger partial charge in [0.1, 0.15) is 0 Å². The number of esters is 1. The van der Waals surface area contributed by atoms with Gasteiger partial charge in [-0.1, -0.05) is 0 Å². The second-order valence-electron chi connectivity index (χ2n) is 4.53. The second kappa shape index (κ2) is 8.91. The van der Waals surface area contributed by atoms with E-state index in [1.165, 1.54) is 0 Å². The number of ether oxygens (including phenoxy) is 1. The minimum Gasteiger partial charge on any atom is -0.466 e. The highest BCUT2D eigenvalue weighted by Crippen LogP contribution is 2.20. The normalized spacial score (nSPS) is 11.8. The van der Waals surface area contributed by atoms with Gasteiger partial charge in [0.2, 0.25) is 5.82 Å². The Labute approximate surface area is 131 Å². The van der Waals surface area contributed by atoms with Crippen LogP contribution >= 0.6 is 0 Å². The number of nitro benzene ring substituents is 1. The fourth-order valence-electron chi connectivity index (χ4n) is 1.89. The lowest BCUT2D eigenvalue weighted by atomic mass is 10.0. The molecule has 0 aliphatic carbocycles. The number of hydrogen-bond donors (Lipinski definition) is 2. The van der Waals surface area contributed by atoms with Gasteiger partial charge in [0.05, 0.1) is 30.6 Å². The predicted octanol–water partition coefficient (Wildman–Crippen LogP) is 0.820. The van der Waals surface area contributed by atoms with E-state index in [9.17, 15) is 24.1 Å². The summed E-state index contributed by atoms with van der Waals surface area (Å²) in [6.07, 6.45) is -0.308. The van der Waals surface area contributed by atoms with Gasteiger partial charge < -0.3 is 15.2 Å². The Morgan fingerprint density at radius 1 is 1.48 bits per heavy atom. The first-order valence-corrected chi connectivity index (χ1v) is 6.88. The Morgan fingerprint density at radius 3 is 2.74 bits per heavy atom. The molecule has 0 fully saturated rings. The fourth-order valence-corrected chi connectivity index (χ4v) is 1.89. The standard InChI is InChI=1S/C14H17FN2O6/c1-2-23-13(19)8-11(16-5-6-18)14(20)9-3-4-10(15)12(7-9)17(21)22/h3-4,7,11,16,18H,2,5-6,8H2,1H3. The zero-order valence-corrected chi connectivity index (χ0v) is 12.5. The zero-order valence-electron chi connectivity index (χ0n) is 12.5. The van der Waals surface area contributed by atoms with Crippen LogP contribution in [0.1, 0.15) is 23.7 Å². The summed E-state index contributed by atoms with van der Waals surface area (Å²) in [7, 11) is 0. The van der Waals surface area contributed by atoms with Crippen LogP contribution in [0.25, 0.3) is 0 Å². The average Bonchev–Trinajstić information content (AvgIpc) is 2.51. The van der Waals surface area contributed by atoms with Crippen LogP contribution < -0.4 is 5.32 Å². The van der Waals surface area contributed by atoms with Gasteiger partial charge in [0.25, 0.3) is 0 Å². The molecule has 1 rings (SSSR count). The van der Waals surface area contributed by atoms with E-state index in [-0.39, 0.29) is 31.7 Å². The lowest BCUT2D eigenvalue weighted by Gasteiger charge is -2.16. The Balaban J connectivity index is 3.01. The molecule has 0 aliphatic heterocycles. The van der Waals surface area contributed by atoms with Gasteiger partial charge in [-0.05, 0) is 19.1 Å². The molecule has 0 amide bonds. The number of carbonyl (C=O) groups is 2. The molecule has 23 heavy (non-hydrogen) atoms. The van der Waals surface area contributed by atoms with Crippen LogP contribution in [0.3, 0.4) is 0 Å². The lowest BCUT2D eigenvalue weighted by Crippen LogP contribution is -2.40. The molecule has 0 saturated carbocycles. The van der Waals surface area contributed by atoms with Crippen LogP contribution in [0.15, 0.2) is 18.2 Å². The first-order chi connectivity index (χ1) is 10.9. The number of aliphatic hydroxyl groups excluding tert-OH is 1. The van der Waals surface area contributed by atoms with E-state index >= 15 is 0 Å². The highest BCUT2D eigenvalue weighted by atomic mass is 19.1. The van der Waals surface area contributed by atoms with Crippen LogP contribution in [0.2, 0.25) is 0 Å². The van der Waals surface area contributed by atoms with E-state index in [0.29, 0.717) is 0 Å². The topological polar surface area (TPSA) is 119 Å². The summed E-state index contributed by atoms with van der Waals surface area (Å²) in [5, 5.41) is 22.2. The van der Waals surface area contributed by atoms with E-state index in [1.54, 1.807) is 6.92 Å². The molecule has 0 radical (unpaired) electrons. The smallest absolute Gasteiger partial charge is 0.307 e. The molecule has 0 aliphatic rings. The number of nitro groups is 1. The van der Waals surface area contributed by atoms with Crippen LogP contribution in [0.4, 0.5) is 10.1 Å². The van der Waals surface area contributed by atoms with E-state index in [1.807, 2.05) is 0 Å². The molecule has 8 nitrogen and oxygen atoms in total. The van der Waals surface area contributed by atoms with Crippen molar-refractivity contribution in [3.05, 3.63) is 39.7 Å². The molecule has 1 aromatic rings. The summed E-state index contributed by atoms with van der Waals surface area (Å²) in [6.45, 7) is 1.52. The van der Waals surface area contributed by atoms with E-state index in [4.69, 9.17) is 9.84 Å². The number of hydrogen-bond acceptors (Lipinski definition) is 7. The third kappa shape index (κ3) is 5.38. The Morgan fingerprint density at radius 2 is 2.17 bits per heavy atom. The van der Waals surface area contributed by atoms with Crippen molar-refractivity contribution in [2.24, 2.45) is 0 Å². The Kier molecular flexibility index (Phi) is 7.23. The number of rotatable bonds is 9. The number of nitrogens with zero attached hydrogens (tertiary/aromatic N) is 1.